The number of rotatable bonds is 7. The maximum atomic E-state index is 11.8. The fourth-order valence-electron chi connectivity index (χ4n) is 2.18. The quantitative estimate of drug-likeness (QED) is 0.846. The molecule has 0 aliphatic rings. The molecule has 1 N–H and O–H groups in total. The number of amides is 1. The number of benzene rings is 1. The molecule has 0 saturated heterocycles. The first-order valence-electron chi connectivity index (χ1n) is 7.54. The monoisotopic (exact) mass is 333 g/mol. The number of nitrogens with one attached hydrogen (secondary N) is 1. The minimum atomic E-state index is 0.0365. The van der Waals surface area contributed by atoms with E-state index in [1.807, 2.05) is 55.4 Å². The number of carbonyl (C=O) groups is 1. The number of hydrogen-bond donors (Lipinski definition) is 1. The fourth-order valence-corrected chi connectivity index (χ4v) is 3.06. The van der Waals surface area contributed by atoms with Crippen molar-refractivity contribution in [2.45, 2.75) is 26.4 Å². The van der Waals surface area contributed by atoms with E-state index in [-0.39, 0.29) is 11.9 Å². The normalized spacial score (nSPS) is 11.0. The van der Waals surface area contributed by atoms with Gasteiger partial charge in [-0.05, 0) is 45.2 Å². The van der Waals surface area contributed by atoms with Gasteiger partial charge in [0.15, 0.2) is 0 Å². The molecule has 0 radical (unpaired) electrons. The van der Waals surface area contributed by atoms with Gasteiger partial charge in [0.05, 0.1) is 25.9 Å². The van der Waals surface area contributed by atoms with Crippen molar-refractivity contribution >= 4 is 17.2 Å². The third-order valence-corrected chi connectivity index (χ3v) is 4.04. The molecule has 0 spiro atoms. The molecule has 1 amide bonds. The largest absolute Gasteiger partial charge is 0.497 e. The first-order chi connectivity index (χ1) is 11.0. The summed E-state index contributed by atoms with van der Waals surface area (Å²) in [6.45, 7) is 4.95. The number of methoxy groups -OCH3 is 1. The Hall–Kier alpha value is -1.92. The molecule has 5 nitrogen and oxygen atoms in total. The highest BCUT2D eigenvalue weighted by Crippen LogP contribution is 2.24. The predicted molar refractivity (Wildman–Crippen MR) is 93.7 cm³/mol. The minimum Gasteiger partial charge on any atom is -0.497 e. The summed E-state index contributed by atoms with van der Waals surface area (Å²) in [5.74, 6) is 0.870. The van der Waals surface area contributed by atoms with Crippen LogP contribution in [-0.4, -0.2) is 42.5 Å². The zero-order chi connectivity index (χ0) is 16.8. The van der Waals surface area contributed by atoms with E-state index in [4.69, 9.17) is 4.74 Å². The van der Waals surface area contributed by atoms with Gasteiger partial charge in [-0.2, -0.15) is 0 Å². The van der Waals surface area contributed by atoms with Crippen molar-refractivity contribution in [3.8, 4) is 17.0 Å². The summed E-state index contributed by atoms with van der Waals surface area (Å²) >= 11 is 1.61. The van der Waals surface area contributed by atoms with Crippen LogP contribution in [0.5, 0.6) is 5.75 Å². The molecule has 2 rings (SSSR count). The second-order valence-corrected chi connectivity index (χ2v) is 6.69. The average molecular weight is 333 g/mol. The number of aromatic nitrogens is 1. The van der Waals surface area contributed by atoms with Gasteiger partial charge >= 0.3 is 0 Å². The molecule has 0 aliphatic heterocycles. The Kier molecular flexibility index (Phi) is 6.12. The van der Waals surface area contributed by atoms with E-state index in [9.17, 15) is 4.79 Å². The van der Waals surface area contributed by atoms with Gasteiger partial charge in [0.1, 0.15) is 10.8 Å². The first kappa shape index (κ1) is 17.4. The lowest BCUT2D eigenvalue weighted by molar-refractivity contribution is -0.122. The van der Waals surface area contributed by atoms with Crippen LogP contribution >= 0.6 is 11.3 Å². The first-order valence-corrected chi connectivity index (χ1v) is 8.42. The molecule has 124 valence electrons. The Bertz CT molecular complexity index is 638. The summed E-state index contributed by atoms with van der Waals surface area (Å²) in [5.41, 5.74) is 2.01. The third-order valence-electron chi connectivity index (χ3n) is 3.21. The van der Waals surface area contributed by atoms with Crippen molar-refractivity contribution in [3.05, 3.63) is 34.7 Å². The molecule has 0 bridgehead atoms. The molecule has 1 heterocycles. The maximum absolute atomic E-state index is 11.8. The highest BCUT2D eigenvalue weighted by Gasteiger charge is 2.11. The second-order valence-electron chi connectivity index (χ2n) is 5.75. The van der Waals surface area contributed by atoms with E-state index < -0.39 is 0 Å². The van der Waals surface area contributed by atoms with Crippen LogP contribution in [-0.2, 0) is 11.3 Å². The van der Waals surface area contributed by atoms with Crippen LogP contribution in [0.2, 0.25) is 0 Å². The lowest BCUT2D eigenvalue weighted by atomic mass is 10.2. The molecule has 0 aliphatic carbocycles. The van der Waals surface area contributed by atoms with E-state index >= 15 is 0 Å². The summed E-state index contributed by atoms with van der Waals surface area (Å²) in [6.07, 6.45) is 0. The topological polar surface area (TPSA) is 54.5 Å². The average Bonchev–Trinajstić information content (AvgIpc) is 2.94. The van der Waals surface area contributed by atoms with Gasteiger partial charge < -0.3 is 10.1 Å². The van der Waals surface area contributed by atoms with E-state index in [1.54, 1.807) is 18.4 Å². The van der Waals surface area contributed by atoms with Gasteiger partial charge in [0, 0.05) is 17.0 Å². The number of hydrogen-bond acceptors (Lipinski definition) is 5. The van der Waals surface area contributed by atoms with Crippen LogP contribution in [0.3, 0.4) is 0 Å². The van der Waals surface area contributed by atoms with E-state index in [0.717, 1.165) is 22.0 Å². The molecule has 2 aromatic rings. The van der Waals surface area contributed by atoms with Crippen LogP contribution in [0.1, 0.15) is 18.9 Å². The molecule has 0 atom stereocenters. The smallest absolute Gasteiger partial charge is 0.234 e. The minimum absolute atomic E-state index is 0.0365. The number of likely N-dealkylation sites (N-methyl/N-ethyl adjacent to an activating group) is 1. The van der Waals surface area contributed by atoms with Gasteiger partial charge in [-0.1, -0.05) is 0 Å². The highest BCUT2D eigenvalue weighted by atomic mass is 32.1. The van der Waals surface area contributed by atoms with Crippen LogP contribution in [0, 0.1) is 0 Å². The van der Waals surface area contributed by atoms with Crippen LogP contribution < -0.4 is 10.1 Å². The SMILES string of the molecule is COc1ccc(-c2csc(CN(C)CC(=O)NC(C)C)n2)cc1. The van der Waals surface area contributed by atoms with Crippen LogP contribution in [0.4, 0.5) is 0 Å². The van der Waals surface area contributed by atoms with Crippen molar-refractivity contribution in [3.63, 3.8) is 0 Å². The third kappa shape index (κ3) is 5.33. The number of ether oxygens (including phenoxy) is 1. The Morgan fingerprint density at radius 1 is 1.35 bits per heavy atom. The molecular formula is C17H23N3O2S. The van der Waals surface area contributed by atoms with Crippen molar-refractivity contribution in [2.24, 2.45) is 0 Å². The van der Waals surface area contributed by atoms with Crippen molar-refractivity contribution in [1.29, 1.82) is 0 Å². The summed E-state index contributed by atoms with van der Waals surface area (Å²) in [5, 5.41) is 5.93. The molecule has 23 heavy (non-hydrogen) atoms. The fraction of sp³-hybridized carbons (Fsp3) is 0.412. The van der Waals surface area contributed by atoms with Gasteiger partial charge in [-0.3, -0.25) is 9.69 Å². The molecular weight excluding hydrogens is 310 g/mol. The van der Waals surface area contributed by atoms with Crippen molar-refractivity contribution in [1.82, 2.24) is 15.2 Å². The Balaban J connectivity index is 1.94. The van der Waals surface area contributed by atoms with Gasteiger partial charge in [0.25, 0.3) is 0 Å². The summed E-state index contributed by atoms with van der Waals surface area (Å²) in [7, 11) is 3.58. The van der Waals surface area contributed by atoms with E-state index in [0.29, 0.717) is 13.1 Å². The standard InChI is InChI=1S/C17H23N3O2S/c1-12(2)18-16(21)9-20(3)10-17-19-15(11-23-17)13-5-7-14(22-4)8-6-13/h5-8,11-12H,9-10H2,1-4H3,(H,18,21). The zero-order valence-corrected chi connectivity index (χ0v) is 14.8. The molecule has 0 saturated carbocycles. The lowest BCUT2D eigenvalue weighted by Gasteiger charge is -2.16. The van der Waals surface area contributed by atoms with Crippen LogP contribution in [0.15, 0.2) is 29.6 Å². The molecule has 0 unspecified atom stereocenters. The predicted octanol–water partition coefficient (Wildman–Crippen LogP) is 2.78. The molecule has 6 heteroatoms. The number of nitrogens with zero attached hydrogens (tertiary/aromatic N) is 2. The van der Waals surface area contributed by atoms with Crippen LogP contribution in [0.25, 0.3) is 11.3 Å². The summed E-state index contributed by atoms with van der Waals surface area (Å²) < 4.78 is 5.16. The number of carbonyl (C=O) groups excluding carboxylic acids is 1. The summed E-state index contributed by atoms with van der Waals surface area (Å²) in [4.78, 5) is 18.4. The second kappa shape index (κ2) is 8.08. The maximum Gasteiger partial charge on any atom is 0.234 e. The molecule has 0 fully saturated rings. The van der Waals surface area contributed by atoms with Gasteiger partial charge in [-0.15, -0.1) is 11.3 Å². The lowest BCUT2D eigenvalue weighted by Crippen LogP contribution is -2.38. The number of thiazole rings is 1. The van der Waals surface area contributed by atoms with Crippen molar-refractivity contribution in [2.75, 3.05) is 20.7 Å². The molecule has 1 aromatic heterocycles. The van der Waals surface area contributed by atoms with E-state index in [2.05, 4.69) is 10.3 Å². The zero-order valence-electron chi connectivity index (χ0n) is 14.0. The van der Waals surface area contributed by atoms with Crippen molar-refractivity contribution < 1.29 is 9.53 Å². The highest BCUT2D eigenvalue weighted by molar-refractivity contribution is 7.09. The van der Waals surface area contributed by atoms with Gasteiger partial charge in [-0.25, -0.2) is 4.98 Å². The Morgan fingerprint density at radius 3 is 2.65 bits per heavy atom. The Labute approximate surface area is 141 Å². The van der Waals surface area contributed by atoms with E-state index in [1.165, 1.54) is 0 Å². The Morgan fingerprint density at radius 2 is 2.04 bits per heavy atom. The molecule has 1 aromatic carbocycles. The summed E-state index contributed by atoms with van der Waals surface area (Å²) in [6, 6.07) is 8.01. The van der Waals surface area contributed by atoms with Gasteiger partial charge in [0.2, 0.25) is 5.91 Å².